The first-order valence-electron chi connectivity index (χ1n) is 9.95. The van der Waals surface area contributed by atoms with Crippen LogP contribution in [0.5, 0.6) is 0 Å². The van der Waals surface area contributed by atoms with Gasteiger partial charge in [-0.15, -0.1) is 0 Å². The summed E-state index contributed by atoms with van der Waals surface area (Å²) in [7, 11) is 0. The van der Waals surface area contributed by atoms with Crippen LogP contribution in [0.2, 0.25) is 0 Å². The molecule has 1 fully saturated rings. The van der Waals surface area contributed by atoms with E-state index >= 15 is 0 Å². The van der Waals surface area contributed by atoms with Crippen LogP contribution >= 0.6 is 0 Å². The molecular formula is C21H34N4O2. The number of amides is 1. The Balaban J connectivity index is 1.94. The minimum absolute atomic E-state index is 0.0467. The number of benzene rings is 1. The van der Waals surface area contributed by atoms with Gasteiger partial charge in [-0.05, 0) is 50.3 Å². The Hall–Kier alpha value is -2.08. The van der Waals surface area contributed by atoms with Crippen molar-refractivity contribution >= 4 is 17.6 Å². The topological polar surface area (TPSA) is 74.8 Å². The predicted molar refractivity (Wildman–Crippen MR) is 111 cm³/mol. The highest BCUT2D eigenvalue weighted by molar-refractivity contribution is 5.90. The highest BCUT2D eigenvalue weighted by Gasteiger charge is 2.29. The van der Waals surface area contributed by atoms with Crippen LogP contribution in [-0.4, -0.2) is 37.2 Å². The Morgan fingerprint density at radius 2 is 2.15 bits per heavy atom. The average Bonchev–Trinajstić information content (AvgIpc) is 3.04. The fraction of sp³-hybridized carbons (Fsp3) is 0.619. The lowest BCUT2D eigenvalue weighted by molar-refractivity contribution is -0.116. The third-order valence-electron chi connectivity index (χ3n) is 4.50. The Bertz CT molecular complexity index is 637. The number of carbonyl (C=O) groups excluding carboxylic acids is 1. The van der Waals surface area contributed by atoms with Crippen LogP contribution in [0.4, 0.5) is 5.69 Å². The summed E-state index contributed by atoms with van der Waals surface area (Å²) in [5.74, 6) is 1.17. The molecule has 1 unspecified atom stereocenters. The molecule has 3 N–H and O–H groups in total. The number of nitrogens with zero attached hydrogens (tertiary/aromatic N) is 1. The van der Waals surface area contributed by atoms with Gasteiger partial charge in [-0.1, -0.05) is 26.0 Å². The number of anilines is 1. The van der Waals surface area contributed by atoms with Crippen molar-refractivity contribution in [2.24, 2.45) is 10.9 Å². The molecule has 1 aliphatic heterocycles. The maximum absolute atomic E-state index is 12.0. The van der Waals surface area contributed by atoms with Gasteiger partial charge in [-0.2, -0.15) is 0 Å². The first-order chi connectivity index (χ1) is 12.9. The van der Waals surface area contributed by atoms with Gasteiger partial charge in [0.2, 0.25) is 5.91 Å². The summed E-state index contributed by atoms with van der Waals surface area (Å²) in [6.07, 6.45) is 2.70. The maximum Gasteiger partial charge on any atom is 0.224 e. The molecule has 0 spiro atoms. The second kappa shape index (κ2) is 10.3. The molecule has 1 aromatic carbocycles. The quantitative estimate of drug-likeness (QED) is 0.482. The normalized spacial score (nSPS) is 20.0. The minimum Gasteiger partial charge on any atom is -0.373 e. The fourth-order valence-electron chi connectivity index (χ4n) is 3.09. The number of hydrogen-bond donors (Lipinski definition) is 3. The van der Waals surface area contributed by atoms with Gasteiger partial charge < -0.3 is 20.7 Å². The number of rotatable bonds is 8. The molecule has 1 aliphatic rings. The number of carbonyl (C=O) groups is 1. The van der Waals surface area contributed by atoms with Crippen LogP contribution in [0.25, 0.3) is 0 Å². The Morgan fingerprint density at radius 1 is 1.33 bits per heavy atom. The lowest BCUT2D eigenvalue weighted by atomic mass is 10.0. The van der Waals surface area contributed by atoms with E-state index in [0.717, 1.165) is 49.7 Å². The van der Waals surface area contributed by atoms with Gasteiger partial charge in [0.05, 0.1) is 12.1 Å². The summed E-state index contributed by atoms with van der Waals surface area (Å²) < 4.78 is 5.83. The zero-order chi connectivity index (χ0) is 19.7. The molecule has 6 heteroatoms. The monoisotopic (exact) mass is 374 g/mol. The van der Waals surface area contributed by atoms with Gasteiger partial charge in [0, 0.05) is 31.8 Å². The Labute approximate surface area is 163 Å². The van der Waals surface area contributed by atoms with Crippen molar-refractivity contribution in [3.63, 3.8) is 0 Å². The molecule has 2 rings (SSSR count). The summed E-state index contributed by atoms with van der Waals surface area (Å²) in [6, 6.07) is 7.86. The van der Waals surface area contributed by atoms with E-state index in [-0.39, 0.29) is 11.5 Å². The maximum atomic E-state index is 12.0. The molecule has 0 saturated carbocycles. The number of nitrogens with one attached hydrogen (secondary N) is 3. The molecule has 1 amide bonds. The van der Waals surface area contributed by atoms with E-state index in [9.17, 15) is 4.79 Å². The minimum atomic E-state index is -0.114. The zero-order valence-corrected chi connectivity index (χ0v) is 17.1. The van der Waals surface area contributed by atoms with E-state index in [1.807, 2.05) is 38.1 Å². The van der Waals surface area contributed by atoms with Crippen LogP contribution in [0.1, 0.15) is 52.5 Å². The molecule has 0 aromatic heterocycles. The molecule has 1 aromatic rings. The fourth-order valence-corrected chi connectivity index (χ4v) is 3.09. The summed E-state index contributed by atoms with van der Waals surface area (Å²) in [5.41, 5.74) is 1.76. The molecule has 150 valence electrons. The Kier molecular flexibility index (Phi) is 8.10. The van der Waals surface area contributed by atoms with Crippen molar-refractivity contribution in [1.82, 2.24) is 10.6 Å². The van der Waals surface area contributed by atoms with Crippen LogP contribution in [0.15, 0.2) is 29.3 Å². The third kappa shape index (κ3) is 7.59. The van der Waals surface area contributed by atoms with Crippen molar-refractivity contribution in [3.05, 3.63) is 29.8 Å². The van der Waals surface area contributed by atoms with Crippen LogP contribution in [0.3, 0.4) is 0 Å². The number of guanidine groups is 1. The van der Waals surface area contributed by atoms with Gasteiger partial charge in [0.25, 0.3) is 0 Å². The lowest BCUT2D eigenvalue weighted by Gasteiger charge is -2.24. The van der Waals surface area contributed by atoms with Crippen LogP contribution in [0, 0.1) is 5.92 Å². The second-order valence-corrected chi connectivity index (χ2v) is 7.80. The van der Waals surface area contributed by atoms with Crippen molar-refractivity contribution in [3.8, 4) is 0 Å². The first-order valence-corrected chi connectivity index (χ1v) is 9.95. The van der Waals surface area contributed by atoms with E-state index < -0.39 is 0 Å². The van der Waals surface area contributed by atoms with Crippen molar-refractivity contribution < 1.29 is 9.53 Å². The molecule has 6 nitrogen and oxygen atoms in total. The highest BCUT2D eigenvalue weighted by Crippen LogP contribution is 2.23. The van der Waals surface area contributed by atoms with Crippen LogP contribution in [-0.2, 0) is 16.1 Å². The lowest BCUT2D eigenvalue weighted by Crippen LogP contribution is -2.45. The molecule has 1 atom stereocenters. The van der Waals surface area contributed by atoms with Gasteiger partial charge >= 0.3 is 0 Å². The van der Waals surface area contributed by atoms with E-state index in [1.165, 1.54) is 0 Å². The molecule has 1 heterocycles. The van der Waals surface area contributed by atoms with E-state index in [0.29, 0.717) is 18.9 Å². The zero-order valence-electron chi connectivity index (χ0n) is 17.1. The summed E-state index contributed by atoms with van der Waals surface area (Å²) >= 11 is 0. The van der Waals surface area contributed by atoms with Crippen molar-refractivity contribution in [2.75, 3.05) is 25.0 Å². The second-order valence-electron chi connectivity index (χ2n) is 7.80. The highest BCUT2D eigenvalue weighted by atomic mass is 16.5. The summed E-state index contributed by atoms with van der Waals surface area (Å²) in [6.45, 7) is 11.2. The third-order valence-corrected chi connectivity index (χ3v) is 4.50. The van der Waals surface area contributed by atoms with Gasteiger partial charge in [-0.25, -0.2) is 4.99 Å². The SMILES string of the molecule is CCNC(=NCc1cccc(NC(=O)CC(C)C)c1)NCC1(C)CCCO1. The Morgan fingerprint density at radius 3 is 2.81 bits per heavy atom. The predicted octanol–water partition coefficient (Wildman–Crippen LogP) is 3.30. The van der Waals surface area contributed by atoms with Gasteiger partial charge in [-0.3, -0.25) is 4.79 Å². The van der Waals surface area contributed by atoms with E-state index in [2.05, 4.69) is 34.8 Å². The molecule has 0 radical (unpaired) electrons. The average molecular weight is 375 g/mol. The number of aliphatic imine (C=N–C) groups is 1. The number of hydrogen-bond acceptors (Lipinski definition) is 3. The smallest absolute Gasteiger partial charge is 0.224 e. The summed E-state index contributed by atoms with van der Waals surface area (Å²) in [5, 5.41) is 9.62. The molecular weight excluding hydrogens is 340 g/mol. The van der Waals surface area contributed by atoms with E-state index in [4.69, 9.17) is 4.74 Å². The number of ether oxygens (including phenoxy) is 1. The molecule has 27 heavy (non-hydrogen) atoms. The summed E-state index contributed by atoms with van der Waals surface area (Å²) in [4.78, 5) is 16.6. The van der Waals surface area contributed by atoms with Gasteiger partial charge in [0.1, 0.15) is 0 Å². The largest absolute Gasteiger partial charge is 0.373 e. The van der Waals surface area contributed by atoms with Crippen molar-refractivity contribution in [2.45, 2.75) is 59.1 Å². The first kappa shape index (κ1) is 21.2. The molecule has 0 bridgehead atoms. The molecule has 0 aliphatic carbocycles. The molecule has 1 saturated heterocycles. The van der Waals surface area contributed by atoms with Crippen molar-refractivity contribution in [1.29, 1.82) is 0 Å². The van der Waals surface area contributed by atoms with E-state index in [1.54, 1.807) is 0 Å². The van der Waals surface area contributed by atoms with Crippen LogP contribution < -0.4 is 16.0 Å². The standard InChI is InChI=1S/C21H34N4O2/c1-5-22-20(24-15-21(4)10-7-11-27-21)23-14-17-8-6-9-18(13-17)25-19(26)12-16(2)3/h6,8-9,13,16H,5,7,10-12,14-15H2,1-4H3,(H,25,26)(H2,22,23,24). The van der Waals surface area contributed by atoms with Gasteiger partial charge in [0.15, 0.2) is 5.96 Å².